The van der Waals surface area contributed by atoms with Crippen LogP contribution in [-0.2, 0) is 6.42 Å². The van der Waals surface area contributed by atoms with E-state index in [2.05, 4.69) is 4.90 Å². The summed E-state index contributed by atoms with van der Waals surface area (Å²) in [6.45, 7) is 5.28. The summed E-state index contributed by atoms with van der Waals surface area (Å²) in [7, 11) is 6.48. The zero-order valence-corrected chi connectivity index (χ0v) is 22.6. The molecule has 2 aromatic rings. The van der Waals surface area contributed by atoms with Gasteiger partial charge in [-0.2, -0.15) is 0 Å². The van der Waals surface area contributed by atoms with Crippen molar-refractivity contribution in [3.05, 3.63) is 41.5 Å². The van der Waals surface area contributed by atoms with Crippen molar-refractivity contribution in [3.63, 3.8) is 0 Å². The average Bonchev–Trinajstić information content (AvgIpc) is 3.16. The highest BCUT2D eigenvalue weighted by Crippen LogP contribution is 2.34. The van der Waals surface area contributed by atoms with Gasteiger partial charge in [-0.1, -0.05) is 6.42 Å². The van der Waals surface area contributed by atoms with Crippen LogP contribution in [0.3, 0.4) is 0 Å². The second kappa shape index (κ2) is 12.9. The molecular formula is C29H40N2O6. The Hall–Kier alpha value is -3.13. The highest BCUT2D eigenvalue weighted by molar-refractivity contribution is 5.97. The van der Waals surface area contributed by atoms with Crippen LogP contribution in [-0.4, -0.2) is 83.5 Å². The van der Waals surface area contributed by atoms with Crippen LogP contribution in [0.5, 0.6) is 28.7 Å². The lowest BCUT2D eigenvalue weighted by molar-refractivity contribution is 0.0694. The van der Waals surface area contributed by atoms with Crippen LogP contribution < -0.4 is 23.7 Å². The Labute approximate surface area is 220 Å². The van der Waals surface area contributed by atoms with E-state index in [0.29, 0.717) is 35.5 Å². The summed E-state index contributed by atoms with van der Waals surface area (Å²) in [6.07, 6.45) is 5.33. The third-order valence-electron chi connectivity index (χ3n) is 7.35. The van der Waals surface area contributed by atoms with Gasteiger partial charge >= 0.3 is 0 Å². The van der Waals surface area contributed by atoms with Crippen LogP contribution >= 0.6 is 0 Å². The molecule has 2 heterocycles. The Morgan fingerprint density at radius 2 is 1.59 bits per heavy atom. The molecule has 2 aliphatic heterocycles. The molecular weight excluding hydrogens is 472 g/mol. The Balaban J connectivity index is 1.29. The van der Waals surface area contributed by atoms with E-state index in [-0.39, 0.29) is 5.91 Å². The van der Waals surface area contributed by atoms with Crippen molar-refractivity contribution in [2.24, 2.45) is 5.92 Å². The summed E-state index contributed by atoms with van der Waals surface area (Å²) in [6, 6.07) is 9.41. The fourth-order valence-corrected chi connectivity index (χ4v) is 5.39. The number of fused-ring (bicyclic) bond motifs is 1. The van der Waals surface area contributed by atoms with Crippen molar-refractivity contribution in [1.29, 1.82) is 0 Å². The number of amides is 1. The number of nitrogens with zero attached hydrogens (tertiary/aromatic N) is 2. The molecule has 0 saturated carbocycles. The van der Waals surface area contributed by atoms with Crippen LogP contribution in [0.2, 0.25) is 0 Å². The van der Waals surface area contributed by atoms with Gasteiger partial charge in [0.2, 0.25) is 0 Å². The molecule has 4 rings (SSSR count). The number of likely N-dealkylation sites (tertiary alicyclic amines) is 1. The van der Waals surface area contributed by atoms with Crippen molar-refractivity contribution in [2.75, 3.05) is 67.8 Å². The fraction of sp³-hybridized carbons (Fsp3) is 0.552. The molecule has 0 spiro atoms. The number of carbonyl (C=O) groups excluding carboxylic acids is 1. The third-order valence-corrected chi connectivity index (χ3v) is 7.35. The lowest BCUT2D eigenvalue weighted by Crippen LogP contribution is -2.43. The van der Waals surface area contributed by atoms with E-state index in [0.717, 1.165) is 68.9 Å². The molecule has 8 nitrogen and oxygen atoms in total. The smallest absolute Gasteiger partial charge is 0.254 e. The quantitative estimate of drug-likeness (QED) is 0.416. The van der Waals surface area contributed by atoms with Gasteiger partial charge in [-0.15, -0.1) is 0 Å². The molecule has 1 amide bonds. The van der Waals surface area contributed by atoms with Gasteiger partial charge in [-0.3, -0.25) is 4.79 Å². The summed E-state index contributed by atoms with van der Waals surface area (Å²) in [4.78, 5) is 17.9. The first-order valence-corrected chi connectivity index (χ1v) is 13.2. The van der Waals surface area contributed by atoms with Gasteiger partial charge in [0.15, 0.2) is 23.0 Å². The molecule has 0 bridgehead atoms. The maximum atomic E-state index is 13.3. The van der Waals surface area contributed by atoms with E-state index in [1.807, 2.05) is 35.2 Å². The topological polar surface area (TPSA) is 69.7 Å². The van der Waals surface area contributed by atoms with E-state index in [9.17, 15) is 4.79 Å². The van der Waals surface area contributed by atoms with Crippen molar-refractivity contribution < 1.29 is 28.5 Å². The van der Waals surface area contributed by atoms with Gasteiger partial charge in [0, 0.05) is 37.8 Å². The number of carbonyl (C=O) groups is 1. The number of methoxy groups -OCH3 is 4. The monoisotopic (exact) mass is 512 g/mol. The summed E-state index contributed by atoms with van der Waals surface area (Å²) in [5, 5.41) is 0. The number of hydrogen-bond donors (Lipinski definition) is 0. The zero-order chi connectivity index (χ0) is 26.2. The molecule has 0 radical (unpaired) electrons. The second-order valence-corrected chi connectivity index (χ2v) is 9.75. The fourth-order valence-electron chi connectivity index (χ4n) is 5.39. The summed E-state index contributed by atoms with van der Waals surface area (Å²) >= 11 is 0. The van der Waals surface area contributed by atoms with Crippen molar-refractivity contribution >= 4 is 5.91 Å². The van der Waals surface area contributed by atoms with E-state index in [1.54, 1.807) is 28.4 Å². The predicted octanol–water partition coefficient (Wildman–Crippen LogP) is 4.29. The average molecular weight is 513 g/mol. The molecule has 1 fully saturated rings. The van der Waals surface area contributed by atoms with E-state index in [1.165, 1.54) is 12.8 Å². The maximum Gasteiger partial charge on any atom is 0.254 e. The van der Waals surface area contributed by atoms with Gasteiger partial charge in [-0.05, 0) is 68.0 Å². The molecule has 0 aromatic heterocycles. The second-order valence-electron chi connectivity index (χ2n) is 9.75. The Morgan fingerprint density at radius 3 is 2.35 bits per heavy atom. The zero-order valence-electron chi connectivity index (χ0n) is 22.6. The van der Waals surface area contributed by atoms with Gasteiger partial charge < -0.3 is 33.5 Å². The number of hydrogen-bond acceptors (Lipinski definition) is 7. The number of rotatable bonds is 11. The summed E-state index contributed by atoms with van der Waals surface area (Å²) < 4.78 is 27.5. The van der Waals surface area contributed by atoms with Gasteiger partial charge in [0.1, 0.15) is 5.75 Å². The summed E-state index contributed by atoms with van der Waals surface area (Å²) in [5.74, 6) is 4.00. The summed E-state index contributed by atoms with van der Waals surface area (Å²) in [5.41, 5.74) is 1.78. The van der Waals surface area contributed by atoms with Crippen LogP contribution in [0, 0.1) is 5.92 Å². The minimum absolute atomic E-state index is 0.0984. The molecule has 202 valence electrons. The van der Waals surface area contributed by atoms with E-state index < -0.39 is 0 Å². The largest absolute Gasteiger partial charge is 0.493 e. The molecule has 8 heteroatoms. The minimum Gasteiger partial charge on any atom is -0.493 e. The Morgan fingerprint density at radius 1 is 0.865 bits per heavy atom. The standard InChI is InChI=1S/C29H40N2O6/c1-33-25-10-9-23(17-27(25)35-3)37-15-7-13-30-12-6-5-8-21(19-30)20-31-14-11-22-16-26(34-2)28(36-4)18-24(22)29(31)32/h9-10,16-18,21H,5-8,11-15,19-20H2,1-4H3. The highest BCUT2D eigenvalue weighted by atomic mass is 16.5. The van der Waals surface area contributed by atoms with Crippen molar-refractivity contribution in [3.8, 4) is 28.7 Å². The van der Waals surface area contributed by atoms with Crippen LogP contribution in [0.1, 0.15) is 41.6 Å². The predicted molar refractivity (Wildman–Crippen MR) is 143 cm³/mol. The lowest BCUT2D eigenvalue weighted by atomic mass is 9.95. The minimum atomic E-state index is 0.0984. The van der Waals surface area contributed by atoms with E-state index >= 15 is 0 Å². The first-order valence-electron chi connectivity index (χ1n) is 13.2. The van der Waals surface area contributed by atoms with Gasteiger partial charge in [0.05, 0.1) is 35.0 Å². The Kier molecular flexibility index (Phi) is 9.39. The molecule has 37 heavy (non-hydrogen) atoms. The van der Waals surface area contributed by atoms with Crippen molar-refractivity contribution in [1.82, 2.24) is 9.80 Å². The Bertz CT molecular complexity index is 1060. The molecule has 2 aromatic carbocycles. The first kappa shape index (κ1) is 26.9. The third kappa shape index (κ3) is 6.60. The molecule has 1 atom stereocenters. The molecule has 0 aliphatic carbocycles. The highest BCUT2D eigenvalue weighted by Gasteiger charge is 2.29. The molecule has 1 unspecified atom stereocenters. The van der Waals surface area contributed by atoms with Crippen molar-refractivity contribution in [2.45, 2.75) is 32.1 Å². The molecule has 1 saturated heterocycles. The normalized spacial score (nSPS) is 18.1. The van der Waals surface area contributed by atoms with Gasteiger partial charge in [0.25, 0.3) is 5.91 Å². The number of ether oxygens (including phenoxy) is 5. The molecule has 0 N–H and O–H groups in total. The van der Waals surface area contributed by atoms with Crippen LogP contribution in [0.15, 0.2) is 30.3 Å². The van der Waals surface area contributed by atoms with Crippen LogP contribution in [0.4, 0.5) is 0 Å². The van der Waals surface area contributed by atoms with Gasteiger partial charge in [-0.25, -0.2) is 0 Å². The van der Waals surface area contributed by atoms with Crippen LogP contribution in [0.25, 0.3) is 0 Å². The number of benzene rings is 2. The van der Waals surface area contributed by atoms with E-state index in [4.69, 9.17) is 23.7 Å². The SMILES string of the molecule is COc1ccc(OCCCN2CCCCC(CN3CCc4cc(OC)c(OC)cc4C3=O)C2)cc1OC. The first-order chi connectivity index (χ1) is 18.1. The maximum absolute atomic E-state index is 13.3. The molecule has 2 aliphatic rings. The lowest BCUT2D eigenvalue weighted by Gasteiger charge is -2.33.